The normalized spacial score (nSPS) is 11.6. The molecule has 0 saturated carbocycles. The zero-order valence-corrected chi connectivity index (χ0v) is 14.7. The molecule has 1 atom stereocenters. The van der Waals surface area contributed by atoms with E-state index in [0.29, 0.717) is 19.4 Å². The van der Waals surface area contributed by atoms with Crippen molar-refractivity contribution < 1.29 is 9.59 Å². The van der Waals surface area contributed by atoms with Gasteiger partial charge in [-0.2, -0.15) is 0 Å². The van der Waals surface area contributed by atoms with Gasteiger partial charge in [0.15, 0.2) is 0 Å². The molecule has 2 aromatic carbocycles. The largest absolute Gasteiger partial charge is 0.344 e. The Bertz CT molecular complexity index is 674. The molecule has 5 nitrogen and oxygen atoms in total. The van der Waals surface area contributed by atoms with Gasteiger partial charge in [-0.05, 0) is 24.7 Å². The highest BCUT2D eigenvalue weighted by Gasteiger charge is 2.25. The third-order valence-electron chi connectivity index (χ3n) is 3.99. The molecule has 0 saturated heterocycles. The summed E-state index contributed by atoms with van der Waals surface area (Å²) in [5.74, 6) is -0.266. The Morgan fingerprint density at radius 3 is 2.20 bits per heavy atom. The molecule has 0 radical (unpaired) electrons. The number of benzene rings is 2. The Balaban J connectivity index is 2.14. The third-order valence-corrected chi connectivity index (χ3v) is 3.99. The Kier molecular flexibility index (Phi) is 7.16. The van der Waals surface area contributed by atoms with Crippen molar-refractivity contribution in [1.82, 2.24) is 10.6 Å². The fourth-order valence-electron chi connectivity index (χ4n) is 2.57. The molecule has 25 heavy (non-hydrogen) atoms. The smallest absolute Gasteiger partial charge is 0.249 e. The van der Waals surface area contributed by atoms with Gasteiger partial charge in [0.25, 0.3) is 0 Å². The Hall–Kier alpha value is -2.66. The number of anilines is 1. The van der Waals surface area contributed by atoms with E-state index in [1.165, 1.54) is 0 Å². The van der Waals surface area contributed by atoms with Crippen LogP contribution < -0.4 is 15.5 Å². The summed E-state index contributed by atoms with van der Waals surface area (Å²) in [7, 11) is 3.53. The van der Waals surface area contributed by atoms with Crippen molar-refractivity contribution in [2.24, 2.45) is 0 Å². The summed E-state index contributed by atoms with van der Waals surface area (Å²) in [6.45, 7) is 0.576. The molecule has 2 rings (SSSR count). The number of carbonyl (C=O) groups is 2. The Morgan fingerprint density at radius 2 is 1.60 bits per heavy atom. The molecule has 0 aliphatic heterocycles. The van der Waals surface area contributed by atoms with E-state index in [1.54, 1.807) is 19.0 Å². The molecule has 0 aromatic heterocycles. The summed E-state index contributed by atoms with van der Waals surface area (Å²) in [5.41, 5.74) is 1.81. The van der Waals surface area contributed by atoms with E-state index < -0.39 is 6.04 Å². The van der Waals surface area contributed by atoms with E-state index in [-0.39, 0.29) is 11.8 Å². The number of para-hydroxylation sites is 1. The first-order valence-electron chi connectivity index (χ1n) is 8.42. The molecule has 2 N–H and O–H groups in total. The number of carbonyl (C=O) groups excluding carboxylic acids is 2. The van der Waals surface area contributed by atoms with E-state index in [9.17, 15) is 9.59 Å². The van der Waals surface area contributed by atoms with Gasteiger partial charge in [0.2, 0.25) is 11.8 Å². The van der Waals surface area contributed by atoms with Gasteiger partial charge in [0.05, 0.1) is 0 Å². The van der Waals surface area contributed by atoms with Gasteiger partial charge >= 0.3 is 0 Å². The zero-order valence-electron chi connectivity index (χ0n) is 14.7. The Morgan fingerprint density at radius 1 is 1.00 bits per heavy atom. The maximum absolute atomic E-state index is 13.0. The number of amides is 2. The lowest BCUT2D eigenvalue weighted by Crippen LogP contribution is -2.49. The van der Waals surface area contributed by atoms with Crippen molar-refractivity contribution in [2.45, 2.75) is 18.9 Å². The lowest BCUT2D eigenvalue weighted by atomic mass is 10.0. The molecule has 2 amide bonds. The van der Waals surface area contributed by atoms with Gasteiger partial charge in [-0.25, -0.2) is 0 Å². The maximum atomic E-state index is 13.0. The van der Waals surface area contributed by atoms with Crippen molar-refractivity contribution in [1.29, 1.82) is 0 Å². The molecule has 0 aliphatic rings. The molecule has 2 aromatic rings. The van der Waals surface area contributed by atoms with Crippen LogP contribution in [0, 0.1) is 0 Å². The zero-order chi connectivity index (χ0) is 18.1. The molecule has 132 valence electrons. The molecule has 5 heteroatoms. The van der Waals surface area contributed by atoms with Crippen LogP contribution in [0.3, 0.4) is 0 Å². The second kappa shape index (κ2) is 9.59. The van der Waals surface area contributed by atoms with Crippen LogP contribution in [0.5, 0.6) is 0 Å². The predicted molar refractivity (Wildman–Crippen MR) is 100 cm³/mol. The number of nitrogens with zero attached hydrogens (tertiary/aromatic N) is 1. The van der Waals surface area contributed by atoms with Crippen LogP contribution in [0.4, 0.5) is 5.69 Å². The van der Waals surface area contributed by atoms with Gasteiger partial charge in [0.1, 0.15) is 6.04 Å². The summed E-state index contributed by atoms with van der Waals surface area (Å²) in [6, 6.07) is 18.5. The second-order valence-electron chi connectivity index (χ2n) is 5.90. The van der Waals surface area contributed by atoms with E-state index in [4.69, 9.17) is 0 Å². The van der Waals surface area contributed by atoms with Crippen LogP contribution in [-0.2, 0) is 16.0 Å². The first-order chi connectivity index (χ1) is 12.1. The average Bonchev–Trinajstić information content (AvgIpc) is 2.66. The van der Waals surface area contributed by atoms with E-state index in [2.05, 4.69) is 10.6 Å². The lowest BCUT2D eigenvalue weighted by Gasteiger charge is -2.25. The highest BCUT2D eigenvalue weighted by Crippen LogP contribution is 2.14. The molecular weight excluding hydrogens is 314 g/mol. The molecule has 0 heterocycles. The molecule has 0 spiro atoms. The fourth-order valence-corrected chi connectivity index (χ4v) is 2.57. The SMILES string of the molecule is CNCCC(=O)N[C@@H](Cc1ccccc1)C(=O)N(C)c1ccccc1. The topological polar surface area (TPSA) is 61.4 Å². The van der Waals surface area contributed by atoms with Gasteiger partial charge in [-0.1, -0.05) is 48.5 Å². The van der Waals surface area contributed by atoms with E-state index in [1.807, 2.05) is 60.7 Å². The lowest BCUT2D eigenvalue weighted by molar-refractivity contribution is -0.127. The van der Waals surface area contributed by atoms with Crippen molar-refractivity contribution >= 4 is 17.5 Å². The van der Waals surface area contributed by atoms with Crippen molar-refractivity contribution in [2.75, 3.05) is 25.5 Å². The Labute approximate surface area is 149 Å². The van der Waals surface area contributed by atoms with E-state index in [0.717, 1.165) is 11.3 Å². The maximum Gasteiger partial charge on any atom is 0.249 e. The standard InChI is InChI=1S/C20H25N3O2/c1-21-14-13-19(24)22-18(15-16-9-5-3-6-10-16)20(25)23(2)17-11-7-4-8-12-17/h3-12,18,21H,13-15H2,1-2H3,(H,22,24)/t18-/m0/s1. The summed E-state index contributed by atoms with van der Waals surface area (Å²) in [6.07, 6.45) is 0.798. The van der Waals surface area contributed by atoms with Crippen LogP contribution >= 0.6 is 0 Å². The van der Waals surface area contributed by atoms with Crippen molar-refractivity contribution in [3.05, 3.63) is 66.2 Å². The summed E-state index contributed by atoms with van der Waals surface area (Å²) in [5, 5.41) is 5.82. The first-order valence-corrected chi connectivity index (χ1v) is 8.42. The molecule has 0 bridgehead atoms. The molecule has 0 unspecified atom stereocenters. The van der Waals surface area contributed by atoms with Gasteiger partial charge < -0.3 is 15.5 Å². The number of likely N-dealkylation sites (N-methyl/N-ethyl adjacent to an activating group) is 1. The number of hydrogen-bond donors (Lipinski definition) is 2. The molecular formula is C20H25N3O2. The average molecular weight is 339 g/mol. The van der Waals surface area contributed by atoms with Crippen LogP contribution in [0.25, 0.3) is 0 Å². The summed E-state index contributed by atoms with van der Waals surface area (Å²) >= 11 is 0. The van der Waals surface area contributed by atoms with Crippen LogP contribution in [0.15, 0.2) is 60.7 Å². The van der Waals surface area contributed by atoms with Gasteiger partial charge in [0, 0.05) is 32.1 Å². The van der Waals surface area contributed by atoms with Crippen molar-refractivity contribution in [3.8, 4) is 0 Å². The number of rotatable bonds is 8. The minimum atomic E-state index is -0.600. The minimum Gasteiger partial charge on any atom is -0.344 e. The van der Waals surface area contributed by atoms with Gasteiger partial charge in [-0.3, -0.25) is 9.59 Å². The number of hydrogen-bond acceptors (Lipinski definition) is 3. The first kappa shape index (κ1) is 18.7. The minimum absolute atomic E-state index is 0.132. The summed E-state index contributed by atoms with van der Waals surface area (Å²) < 4.78 is 0. The molecule has 0 aliphatic carbocycles. The third kappa shape index (κ3) is 5.72. The van der Waals surface area contributed by atoms with Crippen molar-refractivity contribution in [3.63, 3.8) is 0 Å². The quantitative estimate of drug-likeness (QED) is 0.773. The van der Waals surface area contributed by atoms with E-state index >= 15 is 0 Å². The molecule has 0 fully saturated rings. The van der Waals surface area contributed by atoms with Crippen LogP contribution in [-0.4, -0.2) is 38.5 Å². The number of nitrogens with one attached hydrogen (secondary N) is 2. The monoisotopic (exact) mass is 339 g/mol. The summed E-state index contributed by atoms with van der Waals surface area (Å²) in [4.78, 5) is 26.7. The highest BCUT2D eigenvalue weighted by molar-refractivity contribution is 5.99. The van der Waals surface area contributed by atoms with Crippen LogP contribution in [0.2, 0.25) is 0 Å². The van der Waals surface area contributed by atoms with Crippen LogP contribution in [0.1, 0.15) is 12.0 Å². The second-order valence-corrected chi connectivity index (χ2v) is 5.90. The predicted octanol–water partition coefficient (Wildman–Crippen LogP) is 1.99. The van der Waals surface area contributed by atoms with Gasteiger partial charge in [-0.15, -0.1) is 0 Å². The highest BCUT2D eigenvalue weighted by atomic mass is 16.2. The fraction of sp³-hybridized carbons (Fsp3) is 0.300.